The molecule has 6 rings (SSSR count). The second-order valence-electron chi connectivity index (χ2n) is 10.8. The topological polar surface area (TPSA) is 95.9 Å². The van der Waals surface area contributed by atoms with E-state index in [-0.39, 0.29) is 30.1 Å². The highest BCUT2D eigenvalue weighted by atomic mass is 16.6. The van der Waals surface area contributed by atoms with Gasteiger partial charge in [-0.3, -0.25) is 14.7 Å². The van der Waals surface area contributed by atoms with Crippen LogP contribution in [0.2, 0.25) is 0 Å². The summed E-state index contributed by atoms with van der Waals surface area (Å²) < 4.78 is 28.0. The predicted molar refractivity (Wildman–Crippen MR) is 148 cm³/mol. The van der Waals surface area contributed by atoms with Gasteiger partial charge in [-0.2, -0.15) is 0 Å². The van der Waals surface area contributed by atoms with Crippen molar-refractivity contribution in [2.24, 2.45) is 16.3 Å². The van der Waals surface area contributed by atoms with Crippen molar-refractivity contribution < 1.29 is 33.3 Å². The number of hydrogen-bond donors (Lipinski definition) is 0. The summed E-state index contributed by atoms with van der Waals surface area (Å²) in [4.78, 5) is 35.5. The number of rotatable bonds is 7. The summed E-state index contributed by atoms with van der Waals surface area (Å²) in [5.41, 5.74) is 2.32. The van der Waals surface area contributed by atoms with Crippen molar-refractivity contribution in [2.75, 3.05) is 48.1 Å². The van der Waals surface area contributed by atoms with Crippen molar-refractivity contribution in [3.05, 3.63) is 59.2 Å². The van der Waals surface area contributed by atoms with E-state index in [0.29, 0.717) is 30.1 Å². The first kappa shape index (κ1) is 26.4. The van der Waals surface area contributed by atoms with Gasteiger partial charge in [0.2, 0.25) is 5.75 Å². The number of carbonyl (C=O) groups excluding carboxylic acids is 2. The number of esters is 2. The molecular formula is C31H34N2O7. The molecule has 1 unspecified atom stereocenters. The minimum Gasteiger partial charge on any atom is -0.493 e. The average Bonchev–Trinajstić information content (AvgIpc) is 3.36. The van der Waals surface area contributed by atoms with Crippen LogP contribution in [-0.2, 0) is 19.7 Å². The number of hydrogen-bond acceptors (Lipinski definition) is 9. The second-order valence-corrected chi connectivity index (χ2v) is 10.8. The molecule has 0 radical (unpaired) electrons. The number of nitrogens with zero attached hydrogens (tertiary/aromatic N) is 2. The third kappa shape index (κ3) is 3.33. The van der Waals surface area contributed by atoms with Crippen LogP contribution < -0.4 is 14.2 Å². The monoisotopic (exact) mass is 546 g/mol. The maximum Gasteiger partial charge on any atom is 0.338 e. The maximum atomic E-state index is 14.3. The van der Waals surface area contributed by atoms with Gasteiger partial charge in [0.05, 0.1) is 51.1 Å². The molecule has 0 N–H and O–H groups in total. The molecule has 3 heterocycles. The SMILES string of the molecule is C/C=C1/CN2CC[C@]34C(=Nc5ccccc53)[C@@H]2C[C@@H]1C4(COC(=O)c1cc(OC)c(OC)c(OC)c1)C(=O)OC. The van der Waals surface area contributed by atoms with Gasteiger partial charge in [-0.15, -0.1) is 0 Å². The minimum atomic E-state index is -1.19. The predicted octanol–water partition coefficient (Wildman–Crippen LogP) is 4.11. The lowest BCUT2D eigenvalue weighted by molar-refractivity contribution is -0.170. The van der Waals surface area contributed by atoms with Gasteiger partial charge in [0.1, 0.15) is 12.0 Å². The Morgan fingerprint density at radius 3 is 2.45 bits per heavy atom. The molecule has 0 amide bonds. The van der Waals surface area contributed by atoms with Gasteiger partial charge in [0.15, 0.2) is 11.5 Å². The molecule has 3 aliphatic heterocycles. The number of aliphatic imine (C=N–C) groups is 1. The summed E-state index contributed by atoms with van der Waals surface area (Å²) in [5, 5.41) is 0. The van der Waals surface area contributed by atoms with Gasteiger partial charge < -0.3 is 23.7 Å². The fourth-order valence-electron chi connectivity index (χ4n) is 7.77. The van der Waals surface area contributed by atoms with Crippen molar-refractivity contribution in [2.45, 2.75) is 31.2 Å². The molecule has 3 bridgehead atoms. The number of allylic oxidation sites excluding steroid dienone is 1. The summed E-state index contributed by atoms with van der Waals surface area (Å²) in [7, 11) is 5.89. The third-order valence-corrected chi connectivity index (χ3v) is 9.47. The number of carbonyl (C=O) groups is 2. The molecule has 9 heteroatoms. The summed E-state index contributed by atoms with van der Waals surface area (Å²) >= 11 is 0. The Labute approximate surface area is 233 Å². The molecular weight excluding hydrogens is 512 g/mol. The molecule has 0 aromatic heterocycles. The molecule has 1 aliphatic carbocycles. The van der Waals surface area contributed by atoms with E-state index in [9.17, 15) is 9.59 Å². The molecule has 4 aliphatic rings. The molecule has 0 spiro atoms. The Kier molecular flexibility index (Phi) is 6.37. The van der Waals surface area contributed by atoms with Crippen molar-refractivity contribution in [3.63, 3.8) is 0 Å². The minimum absolute atomic E-state index is 0.124. The van der Waals surface area contributed by atoms with Crippen LogP contribution in [0.4, 0.5) is 5.69 Å². The molecule has 4 atom stereocenters. The first-order valence-corrected chi connectivity index (χ1v) is 13.5. The second kappa shape index (κ2) is 9.66. The van der Waals surface area contributed by atoms with E-state index < -0.39 is 16.8 Å². The van der Waals surface area contributed by atoms with Gasteiger partial charge in [0, 0.05) is 24.7 Å². The van der Waals surface area contributed by atoms with Crippen LogP contribution >= 0.6 is 0 Å². The molecule has 2 saturated heterocycles. The lowest BCUT2D eigenvalue weighted by Gasteiger charge is -2.64. The summed E-state index contributed by atoms with van der Waals surface area (Å²) in [5.74, 6) is -0.103. The van der Waals surface area contributed by atoms with Crippen molar-refractivity contribution in [1.29, 1.82) is 0 Å². The molecule has 3 fully saturated rings. The Bertz CT molecular complexity index is 1420. The zero-order valence-corrected chi connectivity index (χ0v) is 23.5. The quantitative estimate of drug-likeness (QED) is 0.378. The van der Waals surface area contributed by atoms with Gasteiger partial charge in [-0.1, -0.05) is 29.8 Å². The summed E-state index contributed by atoms with van der Waals surface area (Å²) in [6, 6.07) is 11.3. The van der Waals surface area contributed by atoms with Crippen LogP contribution in [0.25, 0.3) is 0 Å². The van der Waals surface area contributed by atoms with Crippen molar-refractivity contribution in [3.8, 4) is 17.2 Å². The van der Waals surface area contributed by atoms with E-state index in [1.165, 1.54) is 28.4 Å². The van der Waals surface area contributed by atoms with Gasteiger partial charge in [-0.25, -0.2) is 4.79 Å². The van der Waals surface area contributed by atoms with Crippen LogP contribution in [0.5, 0.6) is 17.2 Å². The van der Waals surface area contributed by atoms with E-state index in [1.54, 1.807) is 12.1 Å². The Balaban J connectivity index is 1.49. The van der Waals surface area contributed by atoms with Gasteiger partial charge in [0.25, 0.3) is 0 Å². The fraction of sp³-hybridized carbons (Fsp3) is 0.452. The third-order valence-electron chi connectivity index (χ3n) is 9.47. The van der Waals surface area contributed by atoms with Crippen LogP contribution in [0, 0.1) is 11.3 Å². The standard InChI is InChI=1S/C31H34N2O7/c1-6-18-16-33-12-11-30-20-9-7-8-10-22(20)32-27(30)23(33)15-21(18)31(30,29(35)39-5)17-40-28(34)19-13-24(36-2)26(38-4)25(14-19)37-3/h6-10,13-14,21,23H,11-12,15-17H2,1-5H3/b18-6-/t21-,23-,30+,31?/m0/s1. The maximum absolute atomic E-state index is 14.3. The van der Waals surface area contributed by atoms with Crippen molar-refractivity contribution in [1.82, 2.24) is 4.90 Å². The fourth-order valence-corrected chi connectivity index (χ4v) is 7.77. The van der Waals surface area contributed by atoms with Crippen LogP contribution in [0.1, 0.15) is 35.7 Å². The number of piperidine rings is 2. The summed E-state index contributed by atoms with van der Waals surface area (Å²) in [6.07, 6.45) is 3.50. The van der Waals surface area contributed by atoms with E-state index in [1.807, 2.05) is 25.1 Å². The average molecular weight is 547 g/mol. The van der Waals surface area contributed by atoms with E-state index in [0.717, 1.165) is 35.6 Å². The first-order chi connectivity index (χ1) is 19.4. The lowest BCUT2D eigenvalue weighted by Crippen LogP contribution is -2.75. The van der Waals surface area contributed by atoms with Gasteiger partial charge in [-0.05, 0) is 43.5 Å². The highest BCUT2D eigenvalue weighted by Crippen LogP contribution is 2.66. The Hall–Kier alpha value is -3.85. The molecule has 40 heavy (non-hydrogen) atoms. The number of ether oxygens (including phenoxy) is 5. The highest BCUT2D eigenvalue weighted by Gasteiger charge is 2.74. The number of para-hydroxylation sites is 1. The molecule has 210 valence electrons. The molecule has 2 aromatic carbocycles. The zero-order valence-electron chi connectivity index (χ0n) is 23.5. The number of benzene rings is 2. The van der Waals surface area contributed by atoms with E-state index in [2.05, 4.69) is 17.0 Å². The van der Waals surface area contributed by atoms with Crippen molar-refractivity contribution >= 4 is 23.3 Å². The zero-order chi connectivity index (χ0) is 28.2. The first-order valence-electron chi connectivity index (χ1n) is 13.5. The smallest absolute Gasteiger partial charge is 0.338 e. The molecule has 1 saturated carbocycles. The van der Waals surface area contributed by atoms with Crippen LogP contribution in [0.15, 0.2) is 53.0 Å². The number of fused-ring (bicyclic) bond motifs is 2. The Morgan fingerprint density at radius 1 is 1.07 bits per heavy atom. The van der Waals surface area contributed by atoms with E-state index in [4.69, 9.17) is 28.7 Å². The Morgan fingerprint density at radius 2 is 1.80 bits per heavy atom. The number of methoxy groups -OCH3 is 4. The highest BCUT2D eigenvalue weighted by molar-refractivity contribution is 6.11. The van der Waals surface area contributed by atoms with Crippen LogP contribution in [0.3, 0.4) is 0 Å². The summed E-state index contributed by atoms with van der Waals surface area (Å²) in [6.45, 7) is 3.41. The van der Waals surface area contributed by atoms with E-state index >= 15 is 0 Å². The normalized spacial score (nSPS) is 28.8. The lowest BCUT2D eigenvalue weighted by atomic mass is 9.43. The molecule has 9 nitrogen and oxygen atoms in total. The van der Waals surface area contributed by atoms with Gasteiger partial charge >= 0.3 is 11.9 Å². The van der Waals surface area contributed by atoms with Crippen LogP contribution in [-0.4, -0.2) is 76.7 Å². The largest absolute Gasteiger partial charge is 0.493 e. The molecule has 2 aromatic rings.